The molecule has 0 aliphatic carbocycles. The van der Waals surface area contributed by atoms with Crippen LogP contribution in [0.3, 0.4) is 0 Å². The number of aromatic amines is 1. The number of nitrogens with one attached hydrogen (secondary N) is 1. The van der Waals surface area contributed by atoms with Gasteiger partial charge in [0.25, 0.3) is 5.69 Å². The number of hydrogen-bond acceptors (Lipinski definition) is 4. The van der Waals surface area contributed by atoms with Crippen LogP contribution in [0.15, 0.2) is 24.4 Å². The number of nitro benzene ring substituents is 1. The van der Waals surface area contributed by atoms with Gasteiger partial charge in [0.15, 0.2) is 0 Å². The zero-order valence-corrected chi connectivity index (χ0v) is 12.4. The zero-order valence-electron chi connectivity index (χ0n) is 11.7. The van der Waals surface area contributed by atoms with Crippen LogP contribution in [0.2, 0.25) is 5.02 Å². The Kier molecular flexibility index (Phi) is 4.93. The van der Waals surface area contributed by atoms with Crippen LogP contribution >= 0.6 is 11.6 Å². The molecule has 1 unspecified atom stereocenters. The molecule has 0 fully saturated rings. The van der Waals surface area contributed by atoms with Crippen LogP contribution in [-0.4, -0.2) is 21.4 Å². The van der Waals surface area contributed by atoms with Gasteiger partial charge in [-0.2, -0.15) is 0 Å². The van der Waals surface area contributed by atoms with Crippen molar-refractivity contribution >= 4 is 17.3 Å². The second-order valence-corrected chi connectivity index (χ2v) is 5.23. The van der Waals surface area contributed by atoms with Crippen molar-refractivity contribution in [2.75, 3.05) is 6.54 Å². The maximum atomic E-state index is 10.9. The van der Waals surface area contributed by atoms with Gasteiger partial charge in [-0.3, -0.25) is 10.1 Å². The van der Waals surface area contributed by atoms with E-state index in [0.29, 0.717) is 12.1 Å². The van der Waals surface area contributed by atoms with Crippen LogP contribution in [0.4, 0.5) is 5.69 Å². The molecule has 0 aliphatic rings. The molecule has 0 spiro atoms. The minimum atomic E-state index is -0.497. The van der Waals surface area contributed by atoms with Crippen LogP contribution in [0.1, 0.15) is 31.5 Å². The summed E-state index contributed by atoms with van der Waals surface area (Å²) >= 11 is 5.81. The van der Waals surface area contributed by atoms with Gasteiger partial charge >= 0.3 is 0 Å². The van der Waals surface area contributed by atoms with E-state index < -0.39 is 4.92 Å². The topological polar surface area (TPSA) is 97.8 Å². The minimum absolute atomic E-state index is 0.116. The maximum Gasteiger partial charge on any atom is 0.288 e. The van der Waals surface area contributed by atoms with Crippen molar-refractivity contribution in [3.63, 3.8) is 0 Å². The SMILES string of the molecule is CCCC(CN)c1ncc(-c2ccc(Cl)c([N+](=O)[O-])c2)[nH]1. The molecule has 6 nitrogen and oxygen atoms in total. The molecule has 2 rings (SSSR count). The third-order valence-corrected chi connectivity index (χ3v) is 3.68. The van der Waals surface area contributed by atoms with E-state index in [9.17, 15) is 10.1 Å². The summed E-state index contributed by atoms with van der Waals surface area (Å²) in [5.41, 5.74) is 7.04. The van der Waals surface area contributed by atoms with E-state index in [0.717, 1.165) is 24.4 Å². The molecular formula is C14H17ClN4O2. The van der Waals surface area contributed by atoms with E-state index in [-0.39, 0.29) is 16.6 Å². The van der Waals surface area contributed by atoms with Gasteiger partial charge in [-0.1, -0.05) is 31.0 Å². The highest BCUT2D eigenvalue weighted by Crippen LogP contribution is 2.30. The molecule has 0 saturated carbocycles. The van der Waals surface area contributed by atoms with Crippen molar-refractivity contribution in [2.45, 2.75) is 25.7 Å². The molecule has 0 aliphatic heterocycles. The van der Waals surface area contributed by atoms with Gasteiger partial charge in [0, 0.05) is 24.1 Å². The number of nitro groups is 1. The second kappa shape index (κ2) is 6.69. The number of nitrogens with zero attached hydrogens (tertiary/aromatic N) is 2. The lowest BCUT2D eigenvalue weighted by molar-refractivity contribution is -0.384. The van der Waals surface area contributed by atoms with Gasteiger partial charge in [-0.05, 0) is 12.5 Å². The number of hydrogen-bond donors (Lipinski definition) is 2. The van der Waals surface area contributed by atoms with E-state index in [2.05, 4.69) is 16.9 Å². The molecule has 0 radical (unpaired) electrons. The van der Waals surface area contributed by atoms with Gasteiger partial charge in [0.1, 0.15) is 10.8 Å². The Labute approximate surface area is 127 Å². The van der Waals surface area contributed by atoms with Crippen molar-refractivity contribution in [1.82, 2.24) is 9.97 Å². The first-order valence-corrected chi connectivity index (χ1v) is 7.13. The number of benzene rings is 1. The summed E-state index contributed by atoms with van der Waals surface area (Å²) in [4.78, 5) is 18.0. The van der Waals surface area contributed by atoms with E-state index in [1.165, 1.54) is 12.1 Å². The first kappa shape index (κ1) is 15.5. The molecule has 0 saturated heterocycles. The summed E-state index contributed by atoms with van der Waals surface area (Å²) in [7, 11) is 0. The Bertz CT molecular complexity index is 642. The minimum Gasteiger partial charge on any atom is -0.342 e. The first-order valence-electron chi connectivity index (χ1n) is 6.76. The molecule has 0 bridgehead atoms. The maximum absolute atomic E-state index is 10.9. The van der Waals surface area contributed by atoms with Crippen LogP contribution in [0.5, 0.6) is 0 Å². The molecule has 112 valence electrons. The quantitative estimate of drug-likeness (QED) is 0.630. The lowest BCUT2D eigenvalue weighted by atomic mass is 10.0. The lowest BCUT2D eigenvalue weighted by Gasteiger charge is -2.09. The monoisotopic (exact) mass is 308 g/mol. The number of imidazole rings is 1. The third-order valence-electron chi connectivity index (χ3n) is 3.36. The highest BCUT2D eigenvalue weighted by Gasteiger charge is 2.16. The summed E-state index contributed by atoms with van der Waals surface area (Å²) in [5.74, 6) is 0.984. The van der Waals surface area contributed by atoms with Crippen LogP contribution in [-0.2, 0) is 0 Å². The van der Waals surface area contributed by atoms with Crippen molar-refractivity contribution in [2.24, 2.45) is 5.73 Å². The number of aromatic nitrogens is 2. The number of rotatable bonds is 6. The standard InChI is InChI=1S/C14H17ClN4O2/c1-2-3-10(7-16)14-17-8-12(18-14)9-4-5-11(15)13(6-9)19(20)21/h4-6,8,10H,2-3,7,16H2,1H3,(H,17,18). The molecule has 1 aromatic carbocycles. The predicted octanol–water partition coefficient (Wildman–Crippen LogP) is 3.48. The average molecular weight is 309 g/mol. The van der Waals surface area contributed by atoms with Gasteiger partial charge < -0.3 is 10.7 Å². The molecule has 7 heteroatoms. The van der Waals surface area contributed by atoms with Gasteiger partial charge in [0.2, 0.25) is 0 Å². The summed E-state index contributed by atoms with van der Waals surface area (Å²) in [6.45, 7) is 2.61. The molecule has 1 atom stereocenters. The fourth-order valence-corrected chi connectivity index (χ4v) is 2.41. The van der Waals surface area contributed by atoms with E-state index in [1.54, 1.807) is 12.3 Å². The van der Waals surface area contributed by atoms with E-state index in [4.69, 9.17) is 17.3 Å². The lowest BCUT2D eigenvalue weighted by Crippen LogP contribution is -2.13. The van der Waals surface area contributed by atoms with Crippen molar-refractivity contribution in [3.05, 3.63) is 45.4 Å². The second-order valence-electron chi connectivity index (χ2n) is 4.83. The largest absolute Gasteiger partial charge is 0.342 e. The Morgan fingerprint density at radius 1 is 1.52 bits per heavy atom. The fourth-order valence-electron chi connectivity index (χ4n) is 2.23. The first-order chi connectivity index (χ1) is 10.1. The highest BCUT2D eigenvalue weighted by molar-refractivity contribution is 6.32. The Morgan fingerprint density at radius 2 is 2.29 bits per heavy atom. The van der Waals surface area contributed by atoms with Crippen molar-refractivity contribution < 1.29 is 4.92 Å². The molecule has 3 N–H and O–H groups in total. The number of H-pyrrole nitrogens is 1. The summed E-state index contributed by atoms with van der Waals surface area (Å²) in [6, 6.07) is 4.68. The summed E-state index contributed by atoms with van der Waals surface area (Å²) in [6.07, 6.45) is 3.63. The normalized spacial score (nSPS) is 12.3. The molecule has 21 heavy (non-hydrogen) atoms. The Morgan fingerprint density at radius 3 is 2.90 bits per heavy atom. The molecule has 1 aromatic heterocycles. The molecule has 1 heterocycles. The zero-order chi connectivity index (χ0) is 15.4. The van der Waals surface area contributed by atoms with Crippen LogP contribution in [0.25, 0.3) is 11.3 Å². The van der Waals surface area contributed by atoms with E-state index in [1.807, 2.05) is 0 Å². The number of nitrogens with two attached hydrogens (primary N) is 1. The molecular weight excluding hydrogens is 292 g/mol. The van der Waals surface area contributed by atoms with Crippen LogP contribution in [0, 0.1) is 10.1 Å². The third kappa shape index (κ3) is 3.40. The van der Waals surface area contributed by atoms with Gasteiger partial charge in [0.05, 0.1) is 16.8 Å². The average Bonchev–Trinajstić information content (AvgIpc) is 2.94. The van der Waals surface area contributed by atoms with E-state index >= 15 is 0 Å². The Hall–Kier alpha value is -1.92. The summed E-state index contributed by atoms with van der Waals surface area (Å²) in [5, 5.41) is 11.0. The van der Waals surface area contributed by atoms with Crippen molar-refractivity contribution in [3.8, 4) is 11.3 Å². The highest BCUT2D eigenvalue weighted by atomic mass is 35.5. The van der Waals surface area contributed by atoms with Gasteiger partial charge in [-0.25, -0.2) is 4.98 Å². The summed E-state index contributed by atoms with van der Waals surface area (Å²) < 4.78 is 0. The van der Waals surface area contributed by atoms with Gasteiger partial charge in [-0.15, -0.1) is 0 Å². The smallest absolute Gasteiger partial charge is 0.288 e. The predicted molar refractivity (Wildman–Crippen MR) is 82.4 cm³/mol. The van der Waals surface area contributed by atoms with Crippen LogP contribution < -0.4 is 5.73 Å². The Balaban J connectivity index is 2.33. The molecule has 2 aromatic rings. The number of halogens is 1. The fraction of sp³-hybridized carbons (Fsp3) is 0.357. The molecule has 0 amide bonds. The van der Waals surface area contributed by atoms with Crippen molar-refractivity contribution in [1.29, 1.82) is 0 Å².